The van der Waals surface area contributed by atoms with E-state index in [0.29, 0.717) is 17.3 Å². The fraction of sp³-hybridized carbons (Fsp3) is 0.444. The zero-order valence-electron chi connectivity index (χ0n) is 13.0. The van der Waals surface area contributed by atoms with Crippen LogP contribution in [0.3, 0.4) is 0 Å². The molecule has 0 radical (unpaired) electrons. The molecule has 0 unspecified atom stereocenters. The van der Waals surface area contributed by atoms with E-state index >= 15 is 0 Å². The van der Waals surface area contributed by atoms with Gasteiger partial charge in [-0.2, -0.15) is 0 Å². The predicted molar refractivity (Wildman–Crippen MR) is 88.4 cm³/mol. The van der Waals surface area contributed by atoms with Crippen molar-refractivity contribution in [2.24, 2.45) is 5.92 Å². The van der Waals surface area contributed by atoms with Crippen LogP contribution in [0, 0.1) is 5.92 Å². The second-order valence-electron chi connectivity index (χ2n) is 6.24. The molecule has 0 amide bonds. The maximum atomic E-state index is 11.9. The number of anilines is 1. The minimum atomic E-state index is -0.392. The van der Waals surface area contributed by atoms with Gasteiger partial charge in [-0.05, 0) is 49.3 Å². The SMILES string of the molecule is COc1ccc(-c2c(NC3CCC(C)CC3)c(=O)c2=O)cc1. The van der Waals surface area contributed by atoms with Crippen molar-refractivity contribution in [3.63, 3.8) is 0 Å². The maximum Gasteiger partial charge on any atom is 0.250 e. The molecule has 1 fully saturated rings. The molecular weight excluding hydrogens is 278 g/mol. The van der Waals surface area contributed by atoms with Crippen molar-refractivity contribution < 1.29 is 4.74 Å². The highest BCUT2D eigenvalue weighted by Crippen LogP contribution is 2.30. The van der Waals surface area contributed by atoms with E-state index in [1.807, 2.05) is 12.1 Å². The van der Waals surface area contributed by atoms with Crippen LogP contribution in [0.15, 0.2) is 33.9 Å². The first-order chi connectivity index (χ1) is 10.6. The van der Waals surface area contributed by atoms with Crippen molar-refractivity contribution in [1.29, 1.82) is 0 Å². The molecule has 0 heterocycles. The lowest BCUT2D eigenvalue weighted by Crippen LogP contribution is -2.39. The number of benzene rings is 1. The molecule has 0 saturated heterocycles. The van der Waals surface area contributed by atoms with Crippen LogP contribution < -0.4 is 20.9 Å². The summed E-state index contributed by atoms with van der Waals surface area (Å²) in [6, 6.07) is 7.56. The molecule has 116 valence electrons. The Morgan fingerprint density at radius 2 is 1.64 bits per heavy atom. The number of nitrogens with one attached hydrogen (secondary N) is 1. The Balaban J connectivity index is 1.82. The Bertz CT molecular complexity index is 718. The van der Waals surface area contributed by atoms with Gasteiger partial charge in [0.1, 0.15) is 5.75 Å². The molecule has 2 aromatic rings. The Labute approximate surface area is 129 Å². The van der Waals surface area contributed by atoms with E-state index in [0.717, 1.165) is 30.1 Å². The molecular formula is C18H21NO3. The fourth-order valence-electron chi connectivity index (χ4n) is 3.17. The zero-order chi connectivity index (χ0) is 15.7. The van der Waals surface area contributed by atoms with Gasteiger partial charge in [0, 0.05) is 6.04 Å². The second kappa shape index (κ2) is 5.95. The molecule has 0 bridgehead atoms. The third-order valence-electron chi connectivity index (χ3n) is 4.65. The molecule has 22 heavy (non-hydrogen) atoms. The van der Waals surface area contributed by atoms with Crippen molar-refractivity contribution in [2.75, 3.05) is 12.4 Å². The lowest BCUT2D eigenvalue weighted by atomic mass is 9.86. The molecule has 1 N–H and O–H groups in total. The summed E-state index contributed by atoms with van der Waals surface area (Å²) >= 11 is 0. The quantitative estimate of drug-likeness (QED) is 0.882. The van der Waals surface area contributed by atoms with E-state index in [-0.39, 0.29) is 5.43 Å². The smallest absolute Gasteiger partial charge is 0.250 e. The third kappa shape index (κ3) is 2.65. The zero-order valence-corrected chi connectivity index (χ0v) is 13.0. The first-order valence-electron chi connectivity index (χ1n) is 7.84. The first kappa shape index (κ1) is 14.8. The summed E-state index contributed by atoms with van der Waals surface area (Å²) in [5, 5.41) is 3.31. The van der Waals surface area contributed by atoms with Gasteiger partial charge in [-0.3, -0.25) is 9.59 Å². The largest absolute Gasteiger partial charge is 0.497 e. The molecule has 0 spiro atoms. The van der Waals surface area contributed by atoms with Crippen molar-refractivity contribution in [1.82, 2.24) is 0 Å². The lowest BCUT2D eigenvalue weighted by molar-refractivity contribution is 0.361. The summed E-state index contributed by atoms with van der Waals surface area (Å²) < 4.78 is 5.12. The highest BCUT2D eigenvalue weighted by molar-refractivity contribution is 5.82. The van der Waals surface area contributed by atoms with E-state index < -0.39 is 5.43 Å². The first-order valence-corrected chi connectivity index (χ1v) is 7.84. The van der Waals surface area contributed by atoms with Crippen LogP contribution in [-0.2, 0) is 0 Å². The molecule has 1 aliphatic carbocycles. The van der Waals surface area contributed by atoms with Crippen LogP contribution in [0.2, 0.25) is 0 Å². The molecule has 1 aliphatic rings. The van der Waals surface area contributed by atoms with E-state index in [1.165, 1.54) is 12.8 Å². The van der Waals surface area contributed by atoms with Gasteiger partial charge in [0.25, 0.3) is 0 Å². The monoisotopic (exact) mass is 299 g/mol. The van der Waals surface area contributed by atoms with Crippen LogP contribution in [-0.4, -0.2) is 13.2 Å². The van der Waals surface area contributed by atoms with Gasteiger partial charge >= 0.3 is 0 Å². The van der Waals surface area contributed by atoms with Gasteiger partial charge < -0.3 is 10.1 Å². The average molecular weight is 299 g/mol. The van der Waals surface area contributed by atoms with Crippen molar-refractivity contribution in [3.05, 3.63) is 44.7 Å². The summed E-state index contributed by atoms with van der Waals surface area (Å²) in [7, 11) is 1.60. The summed E-state index contributed by atoms with van der Waals surface area (Å²) in [4.78, 5) is 23.9. The second-order valence-corrected chi connectivity index (χ2v) is 6.24. The Kier molecular flexibility index (Phi) is 4.01. The molecule has 0 atom stereocenters. The predicted octanol–water partition coefficient (Wildman–Crippen LogP) is 2.95. The number of hydrogen-bond donors (Lipinski definition) is 1. The van der Waals surface area contributed by atoms with E-state index in [2.05, 4.69) is 12.2 Å². The standard InChI is InChI=1S/C18H21NO3/c1-11-3-7-13(8-4-11)19-16-15(17(20)18(16)21)12-5-9-14(22-2)10-6-12/h5-6,9-11,13,19H,3-4,7-8H2,1-2H3. The topological polar surface area (TPSA) is 55.4 Å². The van der Waals surface area contributed by atoms with Gasteiger partial charge in [-0.25, -0.2) is 0 Å². The maximum absolute atomic E-state index is 11.9. The number of rotatable bonds is 4. The molecule has 1 saturated carbocycles. The number of ether oxygens (including phenoxy) is 1. The summed E-state index contributed by atoms with van der Waals surface area (Å²) in [6.45, 7) is 2.26. The van der Waals surface area contributed by atoms with Crippen molar-refractivity contribution >= 4 is 5.69 Å². The highest BCUT2D eigenvalue weighted by Gasteiger charge is 2.26. The normalized spacial score (nSPS) is 21.7. The Morgan fingerprint density at radius 3 is 2.23 bits per heavy atom. The van der Waals surface area contributed by atoms with Crippen LogP contribution >= 0.6 is 0 Å². The molecule has 0 aromatic heterocycles. The van der Waals surface area contributed by atoms with Crippen LogP contribution in [0.25, 0.3) is 11.1 Å². The van der Waals surface area contributed by atoms with Crippen LogP contribution in [0.4, 0.5) is 5.69 Å². The van der Waals surface area contributed by atoms with Crippen LogP contribution in [0.1, 0.15) is 32.6 Å². The molecule has 2 aromatic carbocycles. The Hall–Kier alpha value is -2.10. The van der Waals surface area contributed by atoms with E-state index in [1.54, 1.807) is 19.2 Å². The molecule has 4 nitrogen and oxygen atoms in total. The number of methoxy groups -OCH3 is 1. The van der Waals surface area contributed by atoms with Crippen molar-refractivity contribution in [3.8, 4) is 16.9 Å². The molecule has 4 heteroatoms. The number of hydrogen-bond acceptors (Lipinski definition) is 4. The van der Waals surface area contributed by atoms with Gasteiger partial charge in [-0.1, -0.05) is 19.1 Å². The van der Waals surface area contributed by atoms with E-state index in [9.17, 15) is 9.59 Å². The Morgan fingerprint density at radius 1 is 1.00 bits per heavy atom. The third-order valence-corrected chi connectivity index (χ3v) is 4.65. The minimum Gasteiger partial charge on any atom is -0.497 e. The van der Waals surface area contributed by atoms with Gasteiger partial charge in [0.15, 0.2) is 0 Å². The fourth-order valence-corrected chi connectivity index (χ4v) is 3.17. The van der Waals surface area contributed by atoms with Gasteiger partial charge in [0.2, 0.25) is 10.9 Å². The minimum absolute atomic E-state index is 0.302. The highest BCUT2D eigenvalue weighted by atomic mass is 16.5. The average Bonchev–Trinajstić information content (AvgIpc) is 2.56. The van der Waals surface area contributed by atoms with Crippen LogP contribution in [0.5, 0.6) is 5.75 Å². The summed E-state index contributed by atoms with van der Waals surface area (Å²) in [6.07, 6.45) is 4.46. The molecule has 3 rings (SSSR count). The van der Waals surface area contributed by atoms with Gasteiger partial charge in [0.05, 0.1) is 18.4 Å². The van der Waals surface area contributed by atoms with Crippen molar-refractivity contribution in [2.45, 2.75) is 38.6 Å². The molecule has 0 aliphatic heterocycles. The summed E-state index contributed by atoms with van der Waals surface area (Å²) in [5.74, 6) is 1.49. The summed E-state index contributed by atoms with van der Waals surface area (Å²) in [5.41, 5.74) is 1.01. The van der Waals surface area contributed by atoms with Gasteiger partial charge in [-0.15, -0.1) is 0 Å². The van der Waals surface area contributed by atoms with E-state index in [4.69, 9.17) is 4.74 Å². The lowest BCUT2D eigenvalue weighted by Gasteiger charge is -2.28.